The Bertz CT molecular complexity index is 216. The van der Waals surface area contributed by atoms with E-state index in [0.29, 0.717) is 10.8 Å². The molecule has 0 radical (unpaired) electrons. The first-order valence-electron chi connectivity index (χ1n) is 10.2. The third kappa shape index (κ3) is 19.6. The lowest BCUT2D eigenvalue weighted by molar-refractivity contribution is 0.588. The summed E-state index contributed by atoms with van der Waals surface area (Å²) in [6.45, 7) is 4.53. The van der Waals surface area contributed by atoms with Gasteiger partial charge in [-0.25, -0.2) is 0 Å². The van der Waals surface area contributed by atoms with Crippen LogP contribution in [0.1, 0.15) is 104 Å². The van der Waals surface area contributed by atoms with Gasteiger partial charge in [-0.15, -0.1) is 23.2 Å². The zero-order valence-electron chi connectivity index (χ0n) is 16.0. The standard InChI is InChI=1S/C20H40Cl2S2/c1-3-5-7-9-11-13-15-19(21)17-23-24-18-20(22)16-14-12-10-8-6-4-2/h19-20H,3-18H2,1-2H3. The highest BCUT2D eigenvalue weighted by Crippen LogP contribution is 2.28. The summed E-state index contributed by atoms with van der Waals surface area (Å²) in [5.74, 6) is 2.11. The summed E-state index contributed by atoms with van der Waals surface area (Å²) < 4.78 is 0. The lowest BCUT2D eigenvalue weighted by Crippen LogP contribution is -2.03. The Labute approximate surface area is 170 Å². The van der Waals surface area contributed by atoms with Crippen molar-refractivity contribution in [1.82, 2.24) is 0 Å². The van der Waals surface area contributed by atoms with E-state index >= 15 is 0 Å². The minimum atomic E-state index is 0.334. The van der Waals surface area contributed by atoms with Gasteiger partial charge in [0.1, 0.15) is 0 Å². The molecule has 0 nitrogen and oxygen atoms in total. The molecule has 0 N–H and O–H groups in total. The normalized spacial score (nSPS) is 14.0. The van der Waals surface area contributed by atoms with E-state index in [1.54, 1.807) is 0 Å². The first kappa shape index (κ1) is 25.3. The number of rotatable bonds is 19. The van der Waals surface area contributed by atoms with Crippen LogP contribution in [-0.4, -0.2) is 22.3 Å². The summed E-state index contributed by atoms with van der Waals surface area (Å²) in [7, 11) is 3.82. The zero-order valence-corrected chi connectivity index (χ0v) is 19.2. The fourth-order valence-corrected chi connectivity index (χ4v) is 6.22. The Hall–Kier alpha value is 1.28. The predicted octanol–water partition coefficient (Wildman–Crippen LogP) is 9.08. The summed E-state index contributed by atoms with van der Waals surface area (Å²) in [5.41, 5.74) is 0. The molecule has 0 saturated heterocycles. The molecule has 0 heterocycles. The predicted molar refractivity (Wildman–Crippen MR) is 120 cm³/mol. The molecule has 4 heteroatoms. The largest absolute Gasteiger partial charge is 0.122 e. The molecule has 146 valence electrons. The smallest absolute Gasteiger partial charge is 0.0434 e. The van der Waals surface area contributed by atoms with Gasteiger partial charge in [-0.1, -0.05) is 112 Å². The molecule has 0 amide bonds. The van der Waals surface area contributed by atoms with Crippen molar-refractivity contribution in [2.45, 2.75) is 114 Å². The van der Waals surface area contributed by atoms with Gasteiger partial charge in [0.15, 0.2) is 0 Å². The van der Waals surface area contributed by atoms with Gasteiger partial charge in [-0.2, -0.15) is 0 Å². The van der Waals surface area contributed by atoms with Crippen LogP contribution in [0.2, 0.25) is 0 Å². The van der Waals surface area contributed by atoms with Gasteiger partial charge in [0.25, 0.3) is 0 Å². The molecule has 0 aliphatic heterocycles. The third-order valence-corrected chi connectivity index (χ3v) is 7.99. The Morgan fingerprint density at radius 2 is 0.875 bits per heavy atom. The van der Waals surface area contributed by atoms with Crippen LogP contribution in [0.3, 0.4) is 0 Å². The average Bonchev–Trinajstić information content (AvgIpc) is 2.58. The maximum absolute atomic E-state index is 6.41. The maximum Gasteiger partial charge on any atom is 0.0434 e. The second-order valence-electron chi connectivity index (χ2n) is 6.88. The second kappa shape index (κ2) is 20.6. The monoisotopic (exact) mass is 414 g/mol. The van der Waals surface area contributed by atoms with Gasteiger partial charge in [-0.3, -0.25) is 0 Å². The van der Waals surface area contributed by atoms with E-state index in [1.165, 1.54) is 89.9 Å². The van der Waals surface area contributed by atoms with Gasteiger partial charge >= 0.3 is 0 Å². The summed E-state index contributed by atoms with van der Waals surface area (Å²) in [6.07, 6.45) is 18.6. The molecule has 0 spiro atoms. The minimum absolute atomic E-state index is 0.334. The molecule has 0 aromatic heterocycles. The number of alkyl halides is 2. The molecule has 0 aromatic carbocycles. The quantitative estimate of drug-likeness (QED) is 0.117. The van der Waals surface area contributed by atoms with E-state index in [9.17, 15) is 0 Å². The van der Waals surface area contributed by atoms with E-state index in [1.807, 2.05) is 21.6 Å². The highest BCUT2D eigenvalue weighted by molar-refractivity contribution is 8.76. The summed E-state index contributed by atoms with van der Waals surface area (Å²) in [5, 5.41) is 0.669. The first-order chi connectivity index (χ1) is 11.7. The molecule has 0 fully saturated rings. The van der Waals surface area contributed by atoms with Crippen molar-refractivity contribution < 1.29 is 0 Å². The van der Waals surface area contributed by atoms with Gasteiger partial charge in [0.2, 0.25) is 0 Å². The maximum atomic E-state index is 6.41. The number of halogens is 2. The summed E-state index contributed by atoms with van der Waals surface area (Å²) in [4.78, 5) is 0. The van der Waals surface area contributed by atoms with Gasteiger partial charge < -0.3 is 0 Å². The van der Waals surface area contributed by atoms with Crippen LogP contribution in [0.25, 0.3) is 0 Å². The van der Waals surface area contributed by atoms with Crippen molar-refractivity contribution in [3.05, 3.63) is 0 Å². The van der Waals surface area contributed by atoms with E-state index in [0.717, 1.165) is 11.5 Å². The Kier molecular flexibility index (Phi) is 21.7. The highest BCUT2D eigenvalue weighted by Gasteiger charge is 2.08. The molecule has 0 rings (SSSR count). The van der Waals surface area contributed by atoms with Crippen LogP contribution in [0.4, 0.5) is 0 Å². The van der Waals surface area contributed by atoms with E-state index in [4.69, 9.17) is 23.2 Å². The van der Waals surface area contributed by atoms with Crippen LogP contribution >= 0.6 is 44.8 Å². The van der Waals surface area contributed by atoms with Crippen molar-refractivity contribution in [3.63, 3.8) is 0 Å². The summed E-state index contributed by atoms with van der Waals surface area (Å²) in [6, 6.07) is 0. The lowest BCUT2D eigenvalue weighted by Gasteiger charge is -2.11. The van der Waals surface area contributed by atoms with Crippen LogP contribution in [-0.2, 0) is 0 Å². The van der Waals surface area contributed by atoms with Gasteiger partial charge in [0, 0.05) is 22.3 Å². The number of hydrogen-bond donors (Lipinski definition) is 0. The number of hydrogen-bond acceptors (Lipinski definition) is 2. The van der Waals surface area contributed by atoms with Crippen molar-refractivity contribution in [2.75, 3.05) is 11.5 Å². The van der Waals surface area contributed by atoms with Crippen molar-refractivity contribution >= 4 is 44.8 Å². The highest BCUT2D eigenvalue weighted by atomic mass is 35.5. The molecular weight excluding hydrogens is 375 g/mol. The van der Waals surface area contributed by atoms with E-state index in [2.05, 4.69) is 13.8 Å². The first-order valence-corrected chi connectivity index (χ1v) is 13.6. The molecule has 0 aromatic rings. The van der Waals surface area contributed by atoms with E-state index in [-0.39, 0.29) is 0 Å². The molecule has 2 unspecified atom stereocenters. The van der Waals surface area contributed by atoms with Crippen molar-refractivity contribution in [1.29, 1.82) is 0 Å². The molecular formula is C20H40Cl2S2. The van der Waals surface area contributed by atoms with Crippen LogP contribution in [0, 0.1) is 0 Å². The molecule has 24 heavy (non-hydrogen) atoms. The van der Waals surface area contributed by atoms with Crippen LogP contribution in [0.15, 0.2) is 0 Å². The van der Waals surface area contributed by atoms with Crippen molar-refractivity contribution in [3.8, 4) is 0 Å². The minimum Gasteiger partial charge on any atom is -0.122 e. The average molecular weight is 416 g/mol. The third-order valence-electron chi connectivity index (χ3n) is 4.32. The lowest BCUT2D eigenvalue weighted by atomic mass is 10.1. The fourth-order valence-electron chi connectivity index (χ4n) is 2.70. The van der Waals surface area contributed by atoms with Crippen LogP contribution < -0.4 is 0 Å². The SMILES string of the molecule is CCCCCCCCC(Cl)CSSCC(Cl)CCCCCCCC. The van der Waals surface area contributed by atoms with Crippen molar-refractivity contribution in [2.24, 2.45) is 0 Å². The zero-order chi connectivity index (χ0) is 17.9. The molecule has 0 aliphatic rings. The Morgan fingerprint density at radius 3 is 1.25 bits per heavy atom. The van der Waals surface area contributed by atoms with Gasteiger partial charge in [-0.05, 0) is 12.8 Å². The second-order valence-corrected chi connectivity index (χ2v) is 10.7. The summed E-state index contributed by atoms with van der Waals surface area (Å²) >= 11 is 12.8. The van der Waals surface area contributed by atoms with Crippen LogP contribution in [0.5, 0.6) is 0 Å². The molecule has 2 atom stereocenters. The molecule has 0 bridgehead atoms. The molecule has 0 aliphatic carbocycles. The molecule has 0 saturated carbocycles. The Balaban J connectivity index is 3.28. The topological polar surface area (TPSA) is 0 Å². The van der Waals surface area contributed by atoms with Gasteiger partial charge in [0.05, 0.1) is 0 Å². The number of unbranched alkanes of at least 4 members (excludes halogenated alkanes) is 10. The Morgan fingerprint density at radius 1 is 0.542 bits per heavy atom. The fraction of sp³-hybridized carbons (Fsp3) is 1.00. The van der Waals surface area contributed by atoms with E-state index < -0.39 is 0 Å².